The second-order valence-corrected chi connectivity index (χ2v) is 6.99. The van der Waals surface area contributed by atoms with E-state index in [4.69, 9.17) is 10.00 Å². The fraction of sp³-hybridized carbons (Fsp3) is 0.217. The normalized spacial score (nSPS) is 11.3. The molecule has 0 saturated carbocycles. The van der Waals surface area contributed by atoms with Gasteiger partial charge in [0, 0.05) is 23.5 Å². The molecule has 0 fully saturated rings. The van der Waals surface area contributed by atoms with E-state index in [2.05, 4.69) is 0 Å². The summed E-state index contributed by atoms with van der Waals surface area (Å²) in [5, 5.41) is 9.06. The van der Waals surface area contributed by atoms with E-state index in [0.717, 1.165) is 17.7 Å². The van der Waals surface area contributed by atoms with Crippen LogP contribution < -0.4 is 0 Å². The number of hydrogen-bond acceptors (Lipinski definition) is 3. The number of carbonyl (C=O) groups is 1. The summed E-state index contributed by atoms with van der Waals surface area (Å²) in [6.45, 7) is 3.63. The van der Waals surface area contributed by atoms with Crippen molar-refractivity contribution >= 4 is 5.97 Å². The van der Waals surface area contributed by atoms with Gasteiger partial charge < -0.3 is 9.30 Å². The number of esters is 1. The van der Waals surface area contributed by atoms with Gasteiger partial charge in [-0.05, 0) is 49.2 Å². The van der Waals surface area contributed by atoms with E-state index in [1.54, 1.807) is 36.6 Å². The van der Waals surface area contributed by atoms with E-state index in [1.165, 1.54) is 25.3 Å². The van der Waals surface area contributed by atoms with E-state index in [1.807, 2.05) is 0 Å². The summed E-state index contributed by atoms with van der Waals surface area (Å²) in [6.07, 6.45) is -4.73. The molecule has 0 atom stereocenters. The Balaban J connectivity index is 2.24. The van der Waals surface area contributed by atoms with E-state index < -0.39 is 29.1 Å². The molecule has 31 heavy (non-hydrogen) atoms. The highest BCUT2D eigenvalue weighted by atomic mass is 19.4. The van der Waals surface area contributed by atoms with Crippen molar-refractivity contribution in [3.8, 4) is 17.2 Å². The summed E-state index contributed by atoms with van der Waals surface area (Å²) in [7, 11) is 1.19. The first kappa shape index (κ1) is 22.1. The highest BCUT2D eigenvalue weighted by molar-refractivity contribution is 6.00. The molecule has 0 aliphatic heterocycles. The van der Waals surface area contributed by atoms with Crippen molar-refractivity contribution in [2.45, 2.75) is 26.6 Å². The van der Waals surface area contributed by atoms with Crippen molar-refractivity contribution in [3.05, 3.63) is 81.9 Å². The van der Waals surface area contributed by atoms with Gasteiger partial charge in [0.1, 0.15) is 5.82 Å². The van der Waals surface area contributed by atoms with Gasteiger partial charge >= 0.3 is 12.1 Å². The third-order valence-electron chi connectivity index (χ3n) is 5.16. The maximum absolute atomic E-state index is 13.5. The Bertz CT molecular complexity index is 1190. The fourth-order valence-electron chi connectivity index (χ4n) is 3.63. The summed E-state index contributed by atoms with van der Waals surface area (Å²) in [6, 6.07) is 10.7. The lowest BCUT2D eigenvalue weighted by molar-refractivity contribution is -0.137. The van der Waals surface area contributed by atoms with Crippen LogP contribution in [-0.2, 0) is 17.5 Å². The topological polar surface area (TPSA) is 55.0 Å². The lowest BCUT2D eigenvalue weighted by Gasteiger charge is -2.12. The van der Waals surface area contributed by atoms with Gasteiger partial charge in [0.25, 0.3) is 0 Å². The zero-order chi connectivity index (χ0) is 22.9. The van der Waals surface area contributed by atoms with Crippen molar-refractivity contribution in [3.63, 3.8) is 0 Å². The first-order chi connectivity index (χ1) is 14.6. The Morgan fingerprint density at radius 1 is 1.10 bits per heavy atom. The number of ether oxygens (including phenoxy) is 1. The van der Waals surface area contributed by atoms with Crippen molar-refractivity contribution in [2.24, 2.45) is 0 Å². The van der Waals surface area contributed by atoms with Crippen molar-refractivity contribution in [1.29, 1.82) is 5.26 Å². The molecule has 0 aliphatic rings. The van der Waals surface area contributed by atoms with Crippen LogP contribution in [0.2, 0.25) is 0 Å². The molecule has 0 radical (unpaired) electrons. The van der Waals surface area contributed by atoms with Gasteiger partial charge in [-0.2, -0.15) is 18.4 Å². The summed E-state index contributed by atoms with van der Waals surface area (Å²) >= 11 is 0. The molecule has 1 aromatic heterocycles. The molecular formula is C23H18F4N2O2. The van der Waals surface area contributed by atoms with Gasteiger partial charge in [0.15, 0.2) is 0 Å². The summed E-state index contributed by atoms with van der Waals surface area (Å²) in [4.78, 5) is 12.5. The van der Waals surface area contributed by atoms with Crippen LogP contribution in [0.25, 0.3) is 11.1 Å². The third kappa shape index (κ3) is 4.17. The summed E-state index contributed by atoms with van der Waals surface area (Å²) in [5.74, 6) is -1.08. The first-order valence-corrected chi connectivity index (χ1v) is 9.22. The number of hydrogen-bond donors (Lipinski definition) is 0. The number of benzene rings is 2. The van der Waals surface area contributed by atoms with Crippen LogP contribution in [0.1, 0.15) is 38.4 Å². The average Bonchev–Trinajstić information content (AvgIpc) is 2.98. The monoisotopic (exact) mass is 430 g/mol. The average molecular weight is 430 g/mol. The molecule has 0 bridgehead atoms. The summed E-state index contributed by atoms with van der Waals surface area (Å²) < 4.78 is 60.3. The van der Waals surface area contributed by atoms with Crippen LogP contribution in [0.15, 0.2) is 42.5 Å². The first-order valence-electron chi connectivity index (χ1n) is 9.22. The summed E-state index contributed by atoms with van der Waals surface area (Å²) in [5.41, 5.74) is 0.789. The van der Waals surface area contributed by atoms with Gasteiger partial charge in [-0.25, -0.2) is 9.18 Å². The number of aromatic nitrogens is 1. The van der Waals surface area contributed by atoms with Crippen LogP contribution in [0, 0.1) is 31.0 Å². The molecule has 4 nitrogen and oxygen atoms in total. The Morgan fingerprint density at radius 2 is 1.74 bits per heavy atom. The molecule has 0 N–H and O–H groups in total. The largest absolute Gasteiger partial charge is 0.465 e. The minimum absolute atomic E-state index is 0.139. The highest BCUT2D eigenvalue weighted by Gasteiger charge is 2.35. The molecule has 0 aliphatic carbocycles. The quantitative estimate of drug-likeness (QED) is 0.398. The number of carbonyl (C=O) groups excluding carboxylic acids is 1. The number of rotatable bonds is 4. The van der Waals surface area contributed by atoms with E-state index in [-0.39, 0.29) is 17.7 Å². The van der Waals surface area contributed by atoms with Crippen molar-refractivity contribution in [1.82, 2.24) is 4.57 Å². The maximum Gasteiger partial charge on any atom is 0.417 e. The molecule has 3 aromatic rings. The number of nitriles is 1. The second-order valence-electron chi connectivity index (χ2n) is 6.99. The van der Waals surface area contributed by atoms with Crippen LogP contribution in [-0.4, -0.2) is 17.6 Å². The number of nitrogens with zero attached hydrogens (tertiary/aromatic N) is 2. The van der Waals surface area contributed by atoms with Crippen molar-refractivity contribution < 1.29 is 27.1 Å². The van der Waals surface area contributed by atoms with Crippen LogP contribution in [0.5, 0.6) is 0 Å². The Hall–Kier alpha value is -3.60. The molecule has 160 valence electrons. The van der Waals surface area contributed by atoms with Gasteiger partial charge in [-0.15, -0.1) is 0 Å². The number of methoxy groups -OCH3 is 1. The molecule has 3 rings (SSSR count). The fourth-order valence-corrected chi connectivity index (χ4v) is 3.63. The predicted octanol–water partition coefficient (Wildman–Crippen LogP) is 5.64. The molecule has 2 aromatic carbocycles. The maximum atomic E-state index is 13.5. The zero-order valence-electron chi connectivity index (χ0n) is 17.0. The smallest absolute Gasteiger partial charge is 0.417 e. The second kappa shape index (κ2) is 8.26. The molecule has 8 heteroatoms. The van der Waals surface area contributed by atoms with Crippen LogP contribution in [0.4, 0.5) is 17.6 Å². The molecule has 1 heterocycles. The predicted molar refractivity (Wildman–Crippen MR) is 106 cm³/mol. The van der Waals surface area contributed by atoms with Crippen molar-refractivity contribution in [2.75, 3.05) is 7.11 Å². The third-order valence-corrected chi connectivity index (χ3v) is 5.16. The Kier molecular flexibility index (Phi) is 5.89. The lowest BCUT2D eigenvalue weighted by Crippen LogP contribution is -2.09. The van der Waals surface area contributed by atoms with Crippen LogP contribution in [0.3, 0.4) is 0 Å². The zero-order valence-corrected chi connectivity index (χ0v) is 17.0. The number of alkyl halides is 3. The van der Waals surface area contributed by atoms with Gasteiger partial charge in [0.05, 0.1) is 29.9 Å². The highest BCUT2D eigenvalue weighted by Crippen LogP contribution is 2.38. The number of halogens is 4. The lowest BCUT2D eigenvalue weighted by atomic mass is 9.96. The molecular weight excluding hydrogens is 412 g/mol. The van der Waals surface area contributed by atoms with Crippen LogP contribution >= 0.6 is 0 Å². The van der Waals surface area contributed by atoms with Gasteiger partial charge in [-0.1, -0.05) is 18.2 Å². The minimum Gasteiger partial charge on any atom is -0.465 e. The van der Waals surface area contributed by atoms with E-state index in [0.29, 0.717) is 17.0 Å². The molecule has 0 saturated heterocycles. The molecule has 0 unspecified atom stereocenters. The standard InChI is InChI=1S/C23H18F4N2O2/c1-13-20(16-6-7-17(11-28)19(10-16)23(25,26)27)21(22(30)31-3)14(2)29(13)12-15-4-8-18(24)9-5-15/h4-10H,12H2,1-3H3. The SMILES string of the molecule is COC(=O)c1c(-c2ccc(C#N)c(C(F)(F)F)c2)c(C)n(Cc2ccc(F)cc2)c1C. The Labute approximate surface area is 176 Å². The molecule has 0 amide bonds. The minimum atomic E-state index is -4.73. The van der Waals surface area contributed by atoms with E-state index in [9.17, 15) is 22.4 Å². The van der Waals surface area contributed by atoms with E-state index >= 15 is 0 Å². The Morgan fingerprint density at radius 3 is 2.29 bits per heavy atom. The van der Waals surface area contributed by atoms with Gasteiger partial charge in [-0.3, -0.25) is 0 Å². The van der Waals surface area contributed by atoms with Gasteiger partial charge in [0.2, 0.25) is 0 Å². The molecule has 0 spiro atoms.